The predicted molar refractivity (Wildman–Crippen MR) is 138 cm³/mol. The van der Waals surface area contributed by atoms with Crippen molar-refractivity contribution in [3.8, 4) is 0 Å². The topological polar surface area (TPSA) is 187 Å². The molecule has 7 N–H and O–H groups in total. The number of benzene rings is 2. The van der Waals surface area contributed by atoms with Crippen LogP contribution in [0, 0.1) is 6.92 Å². The highest BCUT2D eigenvalue weighted by atomic mass is 16.4. The van der Waals surface area contributed by atoms with Crippen molar-refractivity contribution in [3.05, 3.63) is 65.4 Å². The maximum Gasteiger partial charge on any atom is 0.322 e. The number of carboxylic acids is 1. The summed E-state index contributed by atoms with van der Waals surface area (Å²) in [7, 11) is 0. The third-order valence-corrected chi connectivity index (χ3v) is 6.32. The smallest absolute Gasteiger partial charge is 0.322 e. The second-order valence-electron chi connectivity index (χ2n) is 9.11. The normalized spacial score (nSPS) is 15.3. The molecule has 0 bridgehead atoms. The molecule has 0 saturated carbocycles. The average molecular weight is 521 g/mol. The van der Waals surface area contributed by atoms with Crippen molar-refractivity contribution in [2.45, 2.75) is 38.4 Å². The molecule has 0 spiro atoms. The van der Waals surface area contributed by atoms with Gasteiger partial charge in [0.2, 0.25) is 17.7 Å². The number of amides is 5. The Bertz CT molecular complexity index is 1420. The summed E-state index contributed by atoms with van der Waals surface area (Å²) in [6.07, 6.45) is -0.481. The quantitative estimate of drug-likeness (QED) is 0.257. The molecule has 0 saturated heterocycles. The van der Waals surface area contributed by atoms with Crippen molar-refractivity contribution in [2.24, 2.45) is 5.73 Å². The number of nitrogens with zero attached hydrogens (tertiary/aromatic N) is 1. The molecule has 1 aromatic heterocycles. The number of nitrogens with one attached hydrogen (secondary N) is 4. The van der Waals surface area contributed by atoms with E-state index in [0.717, 1.165) is 27.7 Å². The Kier molecular flexibility index (Phi) is 7.61. The van der Waals surface area contributed by atoms with E-state index in [4.69, 9.17) is 10.8 Å². The number of para-hydroxylation sites is 1. The number of anilines is 1. The van der Waals surface area contributed by atoms with E-state index in [2.05, 4.69) is 20.9 Å². The zero-order valence-electron chi connectivity index (χ0n) is 20.6. The summed E-state index contributed by atoms with van der Waals surface area (Å²) in [6.45, 7) is 1.50. The van der Waals surface area contributed by atoms with Crippen LogP contribution in [0.2, 0.25) is 0 Å². The minimum Gasteiger partial charge on any atom is -0.481 e. The molecule has 1 aliphatic heterocycles. The number of H-pyrrole nitrogens is 1. The number of aromatic nitrogens is 1. The van der Waals surface area contributed by atoms with E-state index >= 15 is 0 Å². The summed E-state index contributed by atoms with van der Waals surface area (Å²) in [5, 5.41) is 17.4. The highest BCUT2D eigenvalue weighted by molar-refractivity contribution is 5.97. The number of hydrogen-bond acceptors (Lipinski definition) is 5. The van der Waals surface area contributed by atoms with E-state index in [0.29, 0.717) is 5.69 Å². The lowest BCUT2D eigenvalue weighted by Crippen LogP contribution is -2.55. The molecule has 12 nitrogen and oxygen atoms in total. The SMILES string of the molecule is Cc1cccc(NC(=O)N2Cc3[nH]c4ccccc4c3C[C@@H]2C(=O)NCC(=O)N[C@@H](CC(=O)O)C(N)=O)c1. The molecule has 0 aliphatic carbocycles. The first-order valence-corrected chi connectivity index (χ1v) is 11.9. The zero-order chi connectivity index (χ0) is 27.4. The Labute approximate surface area is 217 Å². The highest BCUT2D eigenvalue weighted by Gasteiger charge is 2.36. The first-order chi connectivity index (χ1) is 18.1. The molecule has 12 heteroatoms. The van der Waals surface area contributed by atoms with Crippen molar-refractivity contribution in [2.75, 3.05) is 11.9 Å². The van der Waals surface area contributed by atoms with Crippen LogP contribution in [0.15, 0.2) is 48.5 Å². The van der Waals surface area contributed by atoms with Crippen molar-refractivity contribution in [3.63, 3.8) is 0 Å². The van der Waals surface area contributed by atoms with Crippen LogP contribution in [-0.2, 0) is 32.1 Å². The minimum atomic E-state index is -1.42. The highest BCUT2D eigenvalue weighted by Crippen LogP contribution is 2.30. The first kappa shape index (κ1) is 26.2. The predicted octanol–water partition coefficient (Wildman–Crippen LogP) is 0.996. The fourth-order valence-corrected chi connectivity index (χ4v) is 4.50. The molecule has 198 valence electrons. The van der Waals surface area contributed by atoms with Crippen LogP contribution in [0.3, 0.4) is 0 Å². The zero-order valence-corrected chi connectivity index (χ0v) is 20.6. The van der Waals surface area contributed by atoms with Gasteiger partial charge in [0.1, 0.15) is 12.1 Å². The summed E-state index contributed by atoms with van der Waals surface area (Å²) in [4.78, 5) is 66.0. The van der Waals surface area contributed by atoms with Crippen LogP contribution < -0.4 is 21.7 Å². The molecular formula is C26H28N6O6. The van der Waals surface area contributed by atoms with E-state index in [9.17, 15) is 24.0 Å². The van der Waals surface area contributed by atoms with Crippen LogP contribution in [0.1, 0.15) is 23.2 Å². The van der Waals surface area contributed by atoms with E-state index in [-0.39, 0.29) is 13.0 Å². The fourth-order valence-electron chi connectivity index (χ4n) is 4.50. The fraction of sp³-hybridized carbons (Fsp3) is 0.269. The van der Waals surface area contributed by atoms with Gasteiger partial charge >= 0.3 is 12.0 Å². The Morgan fingerprint density at radius 3 is 2.61 bits per heavy atom. The van der Waals surface area contributed by atoms with Crippen LogP contribution in [0.25, 0.3) is 10.9 Å². The molecular weight excluding hydrogens is 492 g/mol. The van der Waals surface area contributed by atoms with Crippen LogP contribution in [-0.4, -0.2) is 63.3 Å². The van der Waals surface area contributed by atoms with Crippen molar-refractivity contribution in [1.82, 2.24) is 20.5 Å². The number of carboxylic acid groups (broad SMARTS) is 1. The molecule has 2 heterocycles. The van der Waals surface area contributed by atoms with Crippen LogP contribution >= 0.6 is 0 Å². The van der Waals surface area contributed by atoms with Gasteiger partial charge in [0.15, 0.2) is 0 Å². The lowest BCUT2D eigenvalue weighted by molar-refractivity contribution is -0.140. The number of aromatic amines is 1. The summed E-state index contributed by atoms with van der Waals surface area (Å²) in [5.41, 5.74) is 9.28. The van der Waals surface area contributed by atoms with Crippen molar-refractivity contribution < 1.29 is 29.1 Å². The Hall–Kier alpha value is -4.87. The van der Waals surface area contributed by atoms with E-state index in [1.807, 2.05) is 49.4 Å². The third kappa shape index (κ3) is 5.91. The van der Waals surface area contributed by atoms with Gasteiger partial charge in [-0.1, -0.05) is 30.3 Å². The molecule has 3 aromatic rings. The molecule has 1 aliphatic rings. The number of primary amides is 1. The largest absolute Gasteiger partial charge is 0.481 e. The first-order valence-electron chi connectivity index (χ1n) is 11.9. The second kappa shape index (κ2) is 11.0. The van der Waals surface area contributed by atoms with Crippen molar-refractivity contribution in [1.29, 1.82) is 0 Å². The maximum absolute atomic E-state index is 13.3. The van der Waals surface area contributed by atoms with E-state index < -0.39 is 54.8 Å². The summed E-state index contributed by atoms with van der Waals surface area (Å²) >= 11 is 0. The maximum atomic E-state index is 13.3. The number of carbonyl (C=O) groups is 5. The summed E-state index contributed by atoms with van der Waals surface area (Å²) in [6, 6.07) is 12.0. The third-order valence-electron chi connectivity index (χ3n) is 6.32. The van der Waals surface area contributed by atoms with Crippen LogP contribution in [0.4, 0.5) is 10.5 Å². The number of nitrogens with two attached hydrogens (primary N) is 1. The summed E-state index contributed by atoms with van der Waals surface area (Å²) in [5.74, 6) is -3.69. The van der Waals surface area contributed by atoms with Gasteiger partial charge in [-0.05, 0) is 36.2 Å². The molecule has 2 atom stereocenters. The van der Waals surface area contributed by atoms with Gasteiger partial charge in [0.25, 0.3) is 0 Å². The van der Waals surface area contributed by atoms with Gasteiger partial charge in [-0.2, -0.15) is 0 Å². The van der Waals surface area contributed by atoms with Crippen molar-refractivity contribution >= 4 is 46.3 Å². The molecule has 38 heavy (non-hydrogen) atoms. The number of rotatable bonds is 8. The summed E-state index contributed by atoms with van der Waals surface area (Å²) < 4.78 is 0. The van der Waals surface area contributed by atoms with Gasteiger partial charge < -0.3 is 36.7 Å². The number of fused-ring (bicyclic) bond motifs is 3. The van der Waals surface area contributed by atoms with E-state index in [1.165, 1.54) is 4.90 Å². The molecule has 0 radical (unpaired) electrons. The molecule has 0 unspecified atom stereocenters. The minimum absolute atomic E-state index is 0.133. The number of hydrogen-bond donors (Lipinski definition) is 6. The lowest BCUT2D eigenvalue weighted by atomic mass is 9.96. The molecule has 5 amide bonds. The van der Waals surface area contributed by atoms with Gasteiger partial charge in [-0.25, -0.2) is 4.79 Å². The number of aliphatic carboxylic acids is 1. The monoisotopic (exact) mass is 520 g/mol. The number of urea groups is 1. The van der Waals surface area contributed by atoms with E-state index in [1.54, 1.807) is 6.07 Å². The van der Waals surface area contributed by atoms with Gasteiger partial charge in [-0.15, -0.1) is 0 Å². The average Bonchev–Trinajstić information content (AvgIpc) is 3.23. The molecule has 2 aromatic carbocycles. The van der Waals surface area contributed by atoms with Gasteiger partial charge in [0.05, 0.1) is 19.5 Å². The Morgan fingerprint density at radius 1 is 1.13 bits per heavy atom. The Morgan fingerprint density at radius 2 is 1.89 bits per heavy atom. The lowest BCUT2D eigenvalue weighted by Gasteiger charge is -2.34. The molecule has 0 fully saturated rings. The van der Waals surface area contributed by atoms with Crippen LogP contribution in [0.5, 0.6) is 0 Å². The van der Waals surface area contributed by atoms with Gasteiger partial charge in [0, 0.05) is 28.7 Å². The molecule has 4 rings (SSSR count). The second-order valence-corrected chi connectivity index (χ2v) is 9.11. The number of aryl methyl sites for hydroxylation is 1. The number of carbonyl (C=O) groups excluding carboxylic acids is 4. The Balaban J connectivity index is 1.52. The van der Waals surface area contributed by atoms with Gasteiger partial charge in [-0.3, -0.25) is 19.2 Å². The standard InChI is InChI=1S/C26H28N6O6/c1-14-5-4-6-15(9-14)29-26(38)32-13-20-17(16-7-2-3-8-18(16)30-20)10-21(32)25(37)28-12-22(33)31-19(24(27)36)11-23(34)35/h2-9,19,21,30H,10-13H2,1H3,(H2,27,36)(H,28,37)(H,29,38)(H,31,33)(H,34,35)/t19-,21+/m0/s1.